The Balaban J connectivity index is 1.57. The molecule has 6 nitrogen and oxygen atoms in total. The number of ether oxygens (including phenoxy) is 2. The number of nitrogens with one attached hydrogen (secondary N) is 1. The van der Waals surface area contributed by atoms with Gasteiger partial charge in [-0.05, 0) is 49.4 Å². The average molecular weight is 372 g/mol. The van der Waals surface area contributed by atoms with Crippen LogP contribution in [0.2, 0.25) is 0 Å². The summed E-state index contributed by atoms with van der Waals surface area (Å²) >= 11 is 0. The molecule has 0 radical (unpaired) electrons. The van der Waals surface area contributed by atoms with Gasteiger partial charge in [-0.1, -0.05) is 6.07 Å². The normalized spacial score (nSPS) is 16.7. The predicted molar refractivity (Wildman–Crippen MR) is 98.3 cm³/mol. The van der Waals surface area contributed by atoms with Crippen LogP contribution in [0.3, 0.4) is 0 Å². The average Bonchev–Trinajstić information content (AvgIpc) is 2.67. The summed E-state index contributed by atoms with van der Waals surface area (Å²) in [5, 5.41) is 2.70. The molecular weight excluding hydrogens is 351 g/mol. The van der Waals surface area contributed by atoms with Gasteiger partial charge in [0.15, 0.2) is 6.61 Å². The Morgan fingerprint density at radius 2 is 2.04 bits per heavy atom. The molecule has 1 N–H and O–H groups in total. The quantitative estimate of drug-likeness (QED) is 0.876. The molecule has 1 unspecified atom stereocenters. The van der Waals surface area contributed by atoms with Crippen LogP contribution in [0.15, 0.2) is 48.5 Å². The van der Waals surface area contributed by atoms with Crippen LogP contribution in [0.25, 0.3) is 0 Å². The van der Waals surface area contributed by atoms with Crippen LogP contribution in [-0.2, 0) is 9.53 Å². The number of carbonyl (C=O) groups is 2. The molecule has 3 rings (SSSR count). The van der Waals surface area contributed by atoms with Crippen molar-refractivity contribution >= 4 is 17.5 Å². The predicted octanol–water partition coefficient (Wildman–Crippen LogP) is 2.70. The summed E-state index contributed by atoms with van der Waals surface area (Å²) in [4.78, 5) is 26.4. The fourth-order valence-corrected chi connectivity index (χ4v) is 2.79. The van der Waals surface area contributed by atoms with Crippen LogP contribution in [0.5, 0.6) is 5.75 Å². The number of amides is 2. The van der Waals surface area contributed by atoms with Crippen molar-refractivity contribution in [2.75, 3.05) is 31.6 Å². The number of carbonyl (C=O) groups excluding carboxylic acids is 2. The number of hydrogen-bond acceptors (Lipinski definition) is 4. The van der Waals surface area contributed by atoms with Crippen LogP contribution >= 0.6 is 0 Å². The fourth-order valence-electron chi connectivity index (χ4n) is 2.79. The first-order valence-corrected chi connectivity index (χ1v) is 8.70. The van der Waals surface area contributed by atoms with Gasteiger partial charge in [0.05, 0.1) is 12.7 Å². The molecule has 0 saturated carbocycles. The SMILES string of the molecule is CC1CN(C(=O)c2cccc(NC(=O)COc3ccc(F)cc3)c2)CCO1. The number of halogens is 1. The van der Waals surface area contributed by atoms with E-state index in [4.69, 9.17) is 9.47 Å². The topological polar surface area (TPSA) is 67.9 Å². The zero-order valence-electron chi connectivity index (χ0n) is 15.0. The van der Waals surface area contributed by atoms with E-state index in [1.165, 1.54) is 24.3 Å². The fraction of sp³-hybridized carbons (Fsp3) is 0.300. The van der Waals surface area contributed by atoms with E-state index in [1.807, 2.05) is 6.92 Å². The third-order valence-corrected chi connectivity index (χ3v) is 4.11. The van der Waals surface area contributed by atoms with Gasteiger partial charge < -0.3 is 19.7 Å². The first-order chi connectivity index (χ1) is 13.0. The summed E-state index contributed by atoms with van der Waals surface area (Å²) in [6.45, 7) is 3.32. The second-order valence-corrected chi connectivity index (χ2v) is 6.30. The van der Waals surface area contributed by atoms with Gasteiger partial charge in [-0.2, -0.15) is 0 Å². The van der Waals surface area contributed by atoms with Crippen LogP contribution in [0.4, 0.5) is 10.1 Å². The molecule has 1 aliphatic rings. The van der Waals surface area contributed by atoms with E-state index in [-0.39, 0.29) is 30.3 Å². The summed E-state index contributed by atoms with van der Waals surface area (Å²) in [5.74, 6) is -0.437. The van der Waals surface area contributed by atoms with E-state index in [2.05, 4.69) is 5.32 Å². The Hall–Kier alpha value is -2.93. The van der Waals surface area contributed by atoms with Gasteiger partial charge >= 0.3 is 0 Å². The van der Waals surface area contributed by atoms with Crippen molar-refractivity contribution in [1.82, 2.24) is 4.90 Å². The number of benzene rings is 2. The lowest BCUT2D eigenvalue weighted by Gasteiger charge is -2.31. The molecule has 142 valence electrons. The molecular formula is C20H21FN2O4. The third kappa shape index (κ3) is 5.27. The minimum absolute atomic E-state index is 0.00851. The first-order valence-electron chi connectivity index (χ1n) is 8.70. The molecule has 1 atom stereocenters. The zero-order valence-corrected chi connectivity index (χ0v) is 15.0. The van der Waals surface area contributed by atoms with Crippen molar-refractivity contribution in [1.29, 1.82) is 0 Å². The Morgan fingerprint density at radius 3 is 2.78 bits per heavy atom. The van der Waals surface area contributed by atoms with Crippen molar-refractivity contribution in [3.63, 3.8) is 0 Å². The number of morpholine rings is 1. The molecule has 1 heterocycles. The number of hydrogen-bond donors (Lipinski definition) is 1. The van der Waals surface area contributed by atoms with Crippen LogP contribution in [-0.4, -0.2) is 49.1 Å². The van der Waals surface area contributed by atoms with Crippen LogP contribution in [0, 0.1) is 5.82 Å². The number of rotatable bonds is 5. The molecule has 0 spiro atoms. The smallest absolute Gasteiger partial charge is 0.262 e. The molecule has 1 fully saturated rings. The van der Waals surface area contributed by atoms with E-state index in [0.29, 0.717) is 36.7 Å². The van der Waals surface area contributed by atoms with Gasteiger partial charge in [-0.3, -0.25) is 9.59 Å². The summed E-state index contributed by atoms with van der Waals surface area (Å²) in [6, 6.07) is 12.2. The van der Waals surface area contributed by atoms with Gasteiger partial charge in [0, 0.05) is 24.3 Å². The highest BCUT2D eigenvalue weighted by Gasteiger charge is 2.22. The lowest BCUT2D eigenvalue weighted by atomic mass is 10.1. The minimum atomic E-state index is -0.372. The van der Waals surface area contributed by atoms with Gasteiger partial charge in [0.25, 0.3) is 11.8 Å². The van der Waals surface area contributed by atoms with E-state index in [0.717, 1.165) is 0 Å². The highest BCUT2D eigenvalue weighted by atomic mass is 19.1. The molecule has 2 amide bonds. The second kappa shape index (κ2) is 8.64. The molecule has 0 bridgehead atoms. The maximum atomic E-state index is 12.9. The maximum absolute atomic E-state index is 12.9. The van der Waals surface area contributed by atoms with E-state index in [1.54, 1.807) is 29.2 Å². The molecule has 0 aliphatic carbocycles. The van der Waals surface area contributed by atoms with E-state index in [9.17, 15) is 14.0 Å². The lowest BCUT2D eigenvalue weighted by molar-refractivity contribution is -0.118. The monoisotopic (exact) mass is 372 g/mol. The first kappa shape index (κ1) is 18.8. The lowest BCUT2D eigenvalue weighted by Crippen LogP contribution is -2.44. The maximum Gasteiger partial charge on any atom is 0.262 e. The van der Waals surface area contributed by atoms with E-state index >= 15 is 0 Å². The highest BCUT2D eigenvalue weighted by molar-refractivity contribution is 5.97. The van der Waals surface area contributed by atoms with Gasteiger partial charge in [0.2, 0.25) is 0 Å². The van der Waals surface area contributed by atoms with Crippen molar-refractivity contribution in [2.24, 2.45) is 0 Å². The summed E-state index contributed by atoms with van der Waals surface area (Å²) in [6.07, 6.45) is 0.00851. The van der Waals surface area contributed by atoms with E-state index < -0.39 is 0 Å². The third-order valence-electron chi connectivity index (χ3n) is 4.11. The largest absolute Gasteiger partial charge is 0.484 e. The summed E-state index contributed by atoms with van der Waals surface area (Å²) < 4.78 is 23.6. The van der Waals surface area contributed by atoms with Gasteiger partial charge in [-0.25, -0.2) is 4.39 Å². The molecule has 0 aromatic heterocycles. The molecule has 1 saturated heterocycles. The Morgan fingerprint density at radius 1 is 1.26 bits per heavy atom. The summed E-state index contributed by atoms with van der Waals surface area (Å²) in [7, 11) is 0. The zero-order chi connectivity index (χ0) is 19.2. The van der Waals surface area contributed by atoms with Crippen molar-refractivity contribution in [3.05, 3.63) is 59.9 Å². The Kier molecular flexibility index (Phi) is 6.03. The van der Waals surface area contributed by atoms with Gasteiger partial charge in [-0.15, -0.1) is 0 Å². The molecule has 2 aromatic rings. The van der Waals surface area contributed by atoms with Crippen molar-refractivity contribution < 1.29 is 23.5 Å². The summed E-state index contributed by atoms with van der Waals surface area (Å²) in [5.41, 5.74) is 1.01. The minimum Gasteiger partial charge on any atom is -0.484 e. The van der Waals surface area contributed by atoms with Crippen LogP contribution in [0.1, 0.15) is 17.3 Å². The number of anilines is 1. The highest BCUT2D eigenvalue weighted by Crippen LogP contribution is 2.16. The second-order valence-electron chi connectivity index (χ2n) is 6.30. The standard InChI is InChI=1S/C20H21FN2O4/c1-14-12-23(9-10-26-14)20(25)15-3-2-4-17(11-15)22-19(24)13-27-18-7-5-16(21)6-8-18/h2-8,11,14H,9-10,12-13H2,1H3,(H,22,24). The molecule has 27 heavy (non-hydrogen) atoms. The molecule has 2 aromatic carbocycles. The van der Waals surface area contributed by atoms with Crippen molar-refractivity contribution in [2.45, 2.75) is 13.0 Å². The van der Waals surface area contributed by atoms with Crippen molar-refractivity contribution in [3.8, 4) is 5.75 Å². The van der Waals surface area contributed by atoms with Gasteiger partial charge in [0.1, 0.15) is 11.6 Å². The molecule has 1 aliphatic heterocycles. The number of nitrogens with zero attached hydrogens (tertiary/aromatic N) is 1. The Bertz CT molecular complexity index is 810. The van der Waals surface area contributed by atoms with Crippen LogP contribution < -0.4 is 10.1 Å². The Labute approximate surface area is 156 Å². The molecule has 7 heteroatoms.